The van der Waals surface area contributed by atoms with Crippen LogP contribution in [0.15, 0.2) is 72.4 Å². The van der Waals surface area contributed by atoms with Gasteiger partial charge in [-0.05, 0) is 48.4 Å². The standard InChI is InChI=1S/C24H24N4OS/c29-24(23-12-5-13-27(23)17-19-9-6-14-30-19)26-21-10-4-11-22-20(21)15-25-28(22)16-18-7-2-1-3-8-18/h1-3,5-9,12-15,21H,4,10-11,16-17H2,(H,26,29)/t21-/m0/s1. The smallest absolute Gasteiger partial charge is 0.268 e. The zero-order valence-electron chi connectivity index (χ0n) is 16.7. The lowest BCUT2D eigenvalue weighted by molar-refractivity contribution is 0.0923. The van der Waals surface area contributed by atoms with Crippen LogP contribution in [0.3, 0.4) is 0 Å². The Morgan fingerprint density at radius 2 is 2.00 bits per heavy atom. The summed E-state index contributed by atoms with van der Waals surface area (Å²) < 4.78 is 4.10. The zero-order valence-corrected chi connectivity index (χ0v) is 17.5. The molecule has 0 saturated carbocycles. The molecule has 4 aromatic rings. The van der Waals surface area contributed by atoms with E-state index in [9.17, 15) is 4.79 Å². The number of rotatable bonds is 6. The van der Waals surface area contributed by atoms with Crippen molar-refractivity contribution in [3.05, 3.63) is 99.8 Å². The van der Waals surface area contributed by atoms with Gasteiger partial charge in [-0.15, -0.1) is 11.3 Å². The van der Waals surface area contributed by atoms with E-state index in [1.165, 1.54) is 16.1 Å². The summed E-state index contributed by atoms with van der Waals surface area (Å²) in [7, 11) is 0. The monoisotopic (exact) mass is 416 g/mol. The molecule has 1 aromatic carbocycles. The van der Waals surface area contributed by atoms with Gasteiger partial charge in [-0.2, -0.15) is 5.10 Å². The molecule has 0 bridgehead atoms. The molecular formula is C24H24N4OS. The number of nitrogens with one attached hydrogen (secondary N) is 1. The highest BCUT2D eigenvalue weighted by Crippen LogP contribution is 2.30. The van der Waals surface area contributed by atoms with E-state index in [0.29, 0.717) is 5.69 Å². The number of fused-ring (bicyclic) bond motifs is 1. The summed E-state index contributed by atoms with van der Waals surface area (Å²) in [5.41, 5.74) is 4.33. The molecule has 6 heteroatoms. The Morgan fingerprint density at radius 3 is 2.83 bits per heavy atom. The minimum atomic E-state index is -0.0229. The average Bonchev–Trinajstić information content (AvgIpc) is 3.52. The van der Waals surface area contributed by atoms with Crippen molar-refractivity contribution in [1.82, 2.24) is 19.7 Å². The van der Waals surface area contributed by atoms with E-state index < -0.39 is 0 Å². The van der Waals surface area contributed by atoms with Gasteiger partial charge in [0.05, 0.1) is 25.3 Å². The Hall–Kier alpha value is -3.12. The van der Waals surface area contributed by atoms with Gasteiger partial charge in [0.1, 0.15) is 5.69 Å². The van der Waals surface area contributed by atoms with Crippen molar-refractivity contribution in [2.75, 3.05) is 0 Å². The van der Waals surface area contributed by atoms with Crippen molar-refractivity contribution in [3.63, 3.8) is 0 Å². The molecule has 0 unspecified atom stereocenters. The first-order valence-electron chi connectivity index (χ1n) is 10.3. The predicted octanol–water partition coefficient (Wildman–Crippen LogP) is 4.65. The van der Waals surface area contributed by atoms with Gasteiger partial charge in [-0.3, -0.25) is 9.48 Å². The molecule has 30 heavy (non-hydrogen) atoms. The number of carbonyl (C=O) groups excluding carboxylic acids is 1. The van der Waals surface area contributed by atoms with Crippen LogP contribution in [-0.4, -0.2) is 20.3 Å². The number of hydrogen-bond donors (Lipinski definition) is 1. The third-order valence-electron chi connectivity index (χ3n) is 5.71. The first-order valence-corrected chi connectivity index (χ1v) is 11.2. The number of amides is 1. The summed E-state index contributed by atoms with van der Waals surface area (Å²) in [6.45, 7) is 1.48. The molecule has 0 saturated heterocycles. The van der Waals surface area contributed by atoms with E-state index in [1.807, 2.05) is 41.2 Å². The van der Waals surface area contributed by atoms with Crippen molar-refractivity contribution in [2.45, 2.75) is 38.4 Å². The fourth-order valence-corrected chi connectivity index (χ4v) is 4.92. The van der Waals surface area contributed by atoms with Crippen molar-refractivity contribution in [3.8, 4) is 0 Å². The number of thiophene rings is 1. The van der Waals surface area contributed by atoms with Gasteiger partial charge >= 0.3 is 0 Å². The Labute approximate surface area is 180 Å². The lowest BCUT2D eigenvalue weighted by Crippen LogP contribution is -2.32. The first-order chi connectivity index (χ1) is 14.8. The molecule has 152 valence electrons. The predicted molar refractivity (Wildman–Crippen MR) is 119 cm³/mol. The highest BCUT2D eigenvalue weighted by Gasteiger charge is 2.26. The van der Waals surface area contributed by atoms with Gasteiger partial charge in [0.25, 0.3) is 5.91 Å². The van der Waals surface area contributed by atoms with Gasteiger partial charge in [-0.1, -0.05) is 36.4 Å². The molecule has 1 atom stereocenters. The second-order valence-corrected chi connectivity index (χ2v) is 8.74. The van der Waals surface area contributed by atoms with Gasteiger partial charge in [0.2, 0.25) is 0 Å². The Bertz CT molecular complexity index is 1130. The topological polar surface area (TPSA) is 51.9 Å². The largest absolute Gasteiger partial charge is 0.344 e. The fraction of sp³-hybridized carbons (Fsp3) is 0.250. The second kappa shape index (κ2) is 8.32. The minimum absolute atomic E-state index is 0.0101. The molecule has 3 heterocycles. The van der Waals surface area contributed by atoms with E-state index >= 15 is 0 Å². The van der Waals surface area contributed by atoms with E-state index in [1.54, 1.807) is 11.3 Å². The highest BCUT2D eigenvalue weighted by atomic mass is 32.1. The van der Waals surface area contributed by atoms with Crippen LogP contribution in [0.4, 0.5) is 0 Å². The van der Waals surface area contributed by atoms with E-state index in [-0.39, 0.29) is 11.9 Å². The molecular weight excluding hydrogens is 392 g/mol. The van der Waals surface area contributed by atoms with Crippen molar-refractivity contribution in [1.29, 1.82) is 0 Å². The van der Waals surface area contributed by atoms with Crippen molar-refractivity contribution in [2.24, 2.45) is 0 Å². The maximum absolute atomic E-state index is 13.1. The van der Waals surface area contributed by atoms with Crippen LogP contribution < -0.4 is 5.32 Å². The molecule has 0 fully saturated rings. The van der Waals surface area contributed by atoms with Gasteiger partial charge in [0, 0.05) is 22.3 Å². The summed E-state index contributed by atoms with van der Waals surface area (Å²) in [5.74, 6) is -0.0229. The quantitative estimate of drug-likeness (QED) is 0.497. The molecule has 1 aliphatic carbocycles. The average molecular weight is 417 g/mol. The number of nitrogens with zero attached hydrogens (tertiary/aromatic N) is 3. The van der Waals surface area contributed by atoms with Crippen LogP contribution in [0.5, 0.6) is 0 Å². The Kier molecular flexibility index (Phi) is 5.24. The first kappa shape index (κ1) is 18.9. The molecule has 5 nitrogen and oxygen atoms in total. The lowest BCUT2D eigenvalue weighted by atomic mass is 9.92. The van der Waals surface area contributed by atoms with E-state index in [4.69, 9.17) is 0 Å². The van der Waals surface area contributed by atoms with Crippen LogP contribution in [0.1, 0.15) is 51.1 Å². The molecule has 0 radical (unpaired) electrons. The fourth-order valence-electron chi connectivity index (χ4n) is 4.22. The molecule has 0 aliphatic heterocycles. The maximum Gasteiger partial charge on any atom is 0.268 e. The van der Waals surface area contributed by atoms with Gasteiger partial charge in [0.15, 0.2) is 0 Å². The van der Waals surface area contributed by atoms with Crippen LogP contribution in [0.2, 0.25) is 0 Å². The number of carbonyl (C=O) groups is 1. The van der Waals surface area contributed by atoms with Crippen molar-refractivity contribution < 1.29 is 4.79 Å². The van der Waals surface area contributed by atoms with E-state index in [2.05, 4.69) is 50.8 Å². The zero-order chi connectivity index (χ0) is 20.3. The highest BCUT2D eigenvalue weighted by molar-refractivity contribution is 7.09. The number of aromatic nitrogens is 3. The maximum atomic E-state index is 13.1. The van der Waals surface area contributed by atoms with Crippen LogP contribution >= 0.6 is 11.3 Å². The third kappa shape index (κ3) is 3.83. The minimum Gasteiger partial charge on any atom is -0.344 e. The molecule has 3 aromatic heterocycles. The summed E-state index contributed by atoms with van der Waals surface area (Å²) >= 11 is 1.71. The van der Waals surface area contributed by atoms with Crippen LogP contribution in [0.25, 0.3) is 0 Å². The molecule has 1 aliphatic rings. The van der Waals surface area contributed by atoms with E-state index in [0.717, 1.165) is 37.9 Å². The molecule has 0 spiro atoms. The SMILES string of the molecule is O=C(N[C@H]1CCCc2c1cnn2Cc1ccccc1)c1cccn1Cc1cccs1. The Morgan fingerprint density at radius 1 is 1.10 bits per heavy atom. The van der Waals surface area contributed by atoms with Crippen LogP contribution in [0, 0.1) is 0 Å². The Balaban J connectivity index is 1.33. The lowest BCUT2D eigenvalue weighted by Gasteiger charge is -2.24. The summed E-state index contributed by atoms with van der Waals surface area (Å²) in [5, 5.41) is 9.97. The molecule has 1 amide bonds. The molecule has 5 rings (SSSR count). The normalized spacial score (nSPS) is 15.7. The van der Waals surface area contributed by atoms with Crippen LogP contribution in [-0.2, 0) is 19.5 Å². The summed E-state index contributed by atoms with van der Waals surface area (Å²) in [4.78, 5) is 14.3. The van der Waals surface area contributed by atoms with Crippen molar-refractivity contribution >= 4 is 17.2 Å². The third-order valence-corrected chi connectivity index (χ3v) is 6.57. The molecule has 1 N–H and O–H groups in total. The number of hydrogen-bond acceptors (Lipinski definition) is 3. The van der Waals surface area contributed by atoms with Gasteiger partial charge < -0.3 is 9.88 Å². The summed E-state index contributed by atoms with van der Waals surface area (Å²) in [6, 6.07) is 18.4. The second-order valence-electron chi connectivity index (χ2n) is 7.71. The van der Waals surface area contributed by atoms with Gasteiger partial charge in [-0.25, -0.2) is 0 Å². The number of benzene rings is 1. The summed E-state index contributed by atoms with van der Waals surface area (Å²) in [6.07, 6.45) is 6.91.